The van der Waals surface area contributed by atoms with Gasteiger partial charge >= 0.3 is 0 Å². The molecule has 1 fully saturated rings. The van der Waals surface area contributed by atoms with Gasteiger partial charge in [-0.15, -0.1) is 0 Å². The van der Waals surface area contributed by atoms with E-state index in [2.05, 4.69) is 45.6 Å². The lowest BCUT2D eigenvalue weighted by Gasteiger charge is -2.26. The summed E-state index contributed by atoms with van der Waals surface area (Å²) in [4.78, 5) is 14.1. The highest BCUT2D eigenvalue weighted by atomic mass is 35.5. The van der Waals surface area contributed by atoms with Crippen molar-refractivity contribution in [2.75, 3.05) is 25.5 Å². The van der Waals surface area contributed by atoms with Crippen LogP contribution in [0, 0.1) is 6.92 Å². The summed E-state index contributed by atoms with van der Waals surface area (Å²) in [5, 5.41) is 5.26. The number of aromatic nitrogens is 4. The molecule has 1 aromatic carbocycles. The maximum Gasteiger partial charge on any atom is 0.225 e. The molecule has 3 heterocycles. The lowest BCUT2D eigenvalue weighted by molar-refractivity contribution is 0.244. The highest BCUT2D eigenvalue weighted by Gasteiger charge is 2.31. The smallest absolute Gasteiger partial charge is 0.225 e. The zero-order valence-corrected chi connectivity index (χ0v) is 18.9. The molecule has 7 heteroatoms. The molecule has 1 saturated heterocycles. The van der Waals surface area contributed by atoms with Gasteiger partial charge in [-0.05, 0) is 50.9 Å². The van der Waals surface area contributed by atoms with Crippen LogP contribution in [0.3, 0.4) is 0 Å². The molecule has 1 unspecified atom stereocenters. The van der Waals surface area contributed by atoms with E-state index in [0.29, 0.717) is 0 Å². The minimum absolute atomic E-state index is 0.252. The molecule has 30 heavy (non-hydrogen) atoms. The summed E-state index contributed by atoms with van der Waals surface area (Å²) in [5.41, 5.74) is 5.81. The van der Waals surface area contributed by atoms with Crippen LogP contribution in [0.15, 0.2) is 36.7 Å². The fraction of sp³-hybridized carbons (Fsp3) is 0.435. The fourth-order valence-corrected chi connectivity index (χ4v) is 4.34. The molecule has 1 aliphatic heterocycles. The van der Waals surface area contributed by atoms with Crippen molar-refractivity contribution in [1.29, 1.82) is 0 Å². The Labute approximate surface area is 183 Å². The molecule has 1 aliphatic rings. The van der Waals surface area contributed by atoms with E-state index >= 15 is 0 Å². The Morgan fingerprint density at radius 2 is 1.93 bits per heavy atom. The number of anilines is 1. The Morgan fingerprint density at radius 1 is 1.17 bits per heavy atom. The fourth-order valence-electron chi connectivity index (χ4n) is 4.21. The van der Waals surface area contributed by atoms with Crippen molar-refractivity contribution >= 4 is 17.5 Å². The third kappa shape index (κ3) is 4.07. The van der Waals surface area contributed by atoms with Gasteiger partial charge in [0.05, 0.1) is 17.9 Å². The van der Waals surface area contributed by atoms with Gasteiger partial charge < -0.3 is 4.90 Å². The summed E-state index contributed by atoms with van der Waals surface area (Å²) in [6, 6.07) is 8.20. The molecule has 3 aromatic rings. The number of nitrogens with zero attached hydrogens (tertiary/aromatic N) is 6. The molecule has 158 valence electrons. The summed E-state index contributed by atoms with van der Waals surface area (Å²) in [5.74, 6) is 0.740. The van der Waals surface area contributed by atoms with Crippen molar-refractivity contribution in [3.8, 4) is 11.1 Å². The number of rotatable bonds is 6. The third-order valence-electron chi connectivity index (χ3n) is 5.92. The van der Waals surface area contributed by atoms with Crippen LogP contribution < -0.4 is 4.90 Å². The molecule has 0 spiro atoms. The quantitative estimate of drug-likeness (QED) is 0.572. The minimum atomic E-state index is 0.252. The Morgan fingerprint density at radius 3 is 2.60 bits per heavy atom. The van der Waals surface area contributed by atoms with E-state index in [0.717, 1.165) is 60.3 Å². The van der Waals surface area contributed by atoms with Gasteiger partial charge in [0.25, 0.3) is 0 Å². The van der Waals surface area contributed by atoms with Crippen LogP contribution in [0.2, 0.25) is 5.02 Å². The Balaban J connectivity index is 1.72. The van der Waals surface area contributed by atoms with Gasteiger partial charge in [-0.3, -0.25) is 9.58 Å². The molecular weight excluding hydrogens is 396 g/mol. The lowest BCUT2D eigenvalue weighted by atomic mass is 9.99. The number of halogens is 1. The van der Waals surface area contributed by atoms with E-state index in [9.17, 15) is 0 Å². The van der Waals surface area contributed by atoms with E-state index in [1.54, 1.807) is 0 Å². The molecule has 2 aromatic heterocycles. The molecule has 6 nitrogen and oxygen atoms in total. The number of likely N-dealkylation sites (tertiary alicyclic amines) is 1. The SMILES string of the molecule is CCn1ncc(CN2CCCC2c2nc(N(C)C)ncc2-c2ccc(Cl)cc2)c1C. The highest BCUT2D eigenvalue weighted by Crippen LogP contribution is 2.38. The second kappa shape index (κ2) is 8.74. The normalized spacial score (nSPS) is 16.9. The summed E-state index contributed by atoms with van der Waals surface area (Å²) >= 11 is 6.12. The van der Waals surface area contributed by atoms with Gasteiger partial charge in [-0.2, -0.15) is 5.10 Å². The van der Waals surface area contributed by atoms with E-state index in [1.165, 1.54) is 11.3 Å². The average Bonchev–Trinajstić information content (AvgIpc) is 3.35. The zero-order chi connectivity index (χ0) is 21.3. The number of hydrogen-bond donors (Lipinski definition) is 0. The van der Waals surface area contributed by atoms with Gasteiger partial charge in [0.15, 0.2) is 0 Å². The van der Waals surface area contributed by atoms with Crippen LogP contribution in [-0.2, 0) is 13.1 Å². The maximum atomic E-state index is 6.12. The molecule has 0 aliphatic carbocycles. The van der Waals surface area contributed by atoms with E-state index in [4.69, 9.17) is 16.6 Å². The van der Waals surface area contributed by atoms with Gasteiger partial charge in [0.2, 0.25) is 5.95 Å². The first-order valence-corrected chi connectivity index (χ1v) is 10.9. The molecule has 0 bridgehead atoms. The predicted octanol–water partition coefficient (Wildman–Crippen LogP) is 4.72. The van der Waals surface area contributed by atoms with E-state index in [1.807, 2.05) is 43.5 Å². The summed E-state index contributed by atoms with van der Waals surface area (Å²) in [7, 11) is 3.96. The second-order valence-electron chi connectivity index (χ2n) is 8.07. The predicted molar refractivity (Wildman–Crippen MR) is 122 cm³/mol. The average molecular weight is 425 g/mol. The molecule has 1 atom stereocenters. The summed E-state index contributed by atoms with van der Waals surface area (Å²) in [6.07, 6.45) is 6.22. The minimum Gasteiger partial charge on any atom is -0.347 e. The first-order chi connectivity index (χ1) is 14.5. The molecule has 4 rings (SSSR count). The van der Waals surface area contributed by atoms with Crippen LogP contribution in [0.25, 0.3) is 11.1 Å². The van der Waals surface area contributed by atoms with E-state index < -0.39 is 0 Å². The lowest BCUT2D eigenvalue weighted by Crippen LogP contribution is -2.25. The van der Waals surface area contributed by atoms with Gasteiger partial charge in [-0.1, -0.05) is 23.7 Å². The first-order valence-electron chi connectivity index (χ1n) is 10.5. The van der Waals surface area contributed by atoms with Crippen LogP contribution in [0.1, 0.15) is 42.8 Å². The maximum absolute atomic E-state index is 6.12. The molecule has 0 radical (unpaired) electrons. The zero-order valence-electron chi connectivity index (χ0n) is 18.1. The van der Waals surface area contributed by atoms with Crippen LogP contribution >= 0.6 is 11.6 Å². The molecule has 0 amide bonds. The number of hydrogen-bond acceptors (Lipinski definition) is 5. The van der Waals surface area contributed by atoms with Gasteiger partial charge in [-0.25, -0.2) is 9.97 Å². The number of aryl methyl sites for hydroxylation is 1. The van der Waals surface area contributed by atoms with Crippen LogP contribution in [0.5, 0.6) is 0 Å². The largest absolute Gasteiger partial charge is 0.347 e. The first kappa shape index (κ1) is 20.8. The Hall–Kier alpha value is -2.44. The number of benzene rings is 1. The van der Waals surface area contributed by atoms with Crippen molar-refractivity contribution in [3.05, 3.63) is 58.6 Å². The summed E-state index contributed by atoms with van der Waals surface area (Å²) in [6.45, 7) is 7.13. The standard InChI is InChI=1S/C23H29ClN6/c1-5-30-16(2)18(13-26-30)15-29-12-6-7-21(29)22-20(14-25-23(27-22)28(3)4)17-8-10-19(24)11-9-17/h8-11,13-14,21H,5-7,12,15H2,1-4H3. The molecule has 0 saturated carbocycles. The van der Waals surface area contributed by atoms with Crippen molar-refractivity contribution in [1.82, 2.24) is 24.6 Å². The van der Waals surface area contributed by atoms with Crippen molar-refractivity contribution in [3.63, 3.8) is 0 Å². The van der Waals surface area contributed by atoms with Crippen molar-refractivity contribution in [2.45, 2.75) is 45.8 Å². The Kier molecular flexibility index (Phi) is 6.06. The Bertz CT molecular complexity index is 1010. The highest BCUT2D eigenvalue weighted by molar-refractivity contribution is 6.30. The van der Waals surface area contributed by atoms with E-state index in [-0.39, 0.29) is 6.04 Å². The molecular formula is C23H29ClN6. The van der Waals surface area contributed by atoms with Gasteiger partial charge in [0, 0.05) is 55.2 Å². The van der Waals surface area contributed by atoms with Gasteiger partial charge in [0.1, 0.15) is 0 Å². The summed E-state index contributed by atoms with van der Waals surface area (Å²) < 4.78 is 2.06. The monoisotopic (exact) mass is 424 g/mol. The van der Waals surface area contributed by atoms with Crippen molar-refractivity contribution < 1.29 is 0 Å². The molecule has 0 N–H and O–H groups in total. The topological polar surface area (TPSA) is 50.1 Å². The van der Waals surface area contributed by atoms with Crippen molar-refractivity contribution in [2.24, 2.45) is 0 Å². The third-order valence-corrected chi connectivity index (χ3v) is 6.17. The second-order valence-corrected chi connectivity index (χ2v) is 8.51. The van der Waals surface area contributed by atoms with Crippen LogP contribution in [0.4, 0.5) is 5.95 Å². The van der Waals surface area contributed by atoms with Crippen LogP contribution in [-0.4, -0.2) is 45.3 Å².